The monoisotopic (exact) mass is 570 g/mol. The fourth-order valence-electron chi connectivity index (χ4n) is 3.81. The van der Waals surface area contributed by atoms with Crippen LogP contribution in [-0.4, -0.2) is 41.5 Å². The number of methoxy groups -OCH3 is 5. The number of benzene rings is 3. The third kappa shape index (κ3) is 4.79. The predicted octanol–water partition coefficient (Wildman–Crippen LogP) is 5.48. The van der Waals surface area contributed by atoms with Gasteiger partial charge in [-0.3, -0.25) is 4.79 Å². The van der Waals surface area contributed by atoms with Crippen molar-refractivity contribution in [1.82, 2.24) is 0 Å². The van der Waals surface area contributed by atoms with E-state index in [1.807, 2.05) is 0 Å². The smallest absolute Gasteiger partial charge is 0.344 e. The highest BCUT2D eigenvalue weighted by molar-refractivity contribution is 9.10. The second-order valence-electron chi connectivity index (χ2n) is 7.58. The number of fused-ring (bicyclic) bond motifs is 1. The number of rotatable bonds is 8. The highest BCUT2D eigenvalue weighted by atomic mass is 79.9. The Morgan fingerprint density at radius 2 is 1.35 bits per heavy atom. The van der Waals surface area contributed by atoms with Gasteiger partial charge in [0.2, 0.25) is 16.9 Å². The lowest BCUT2D eigenvalue weighted by atomic mass is 10.1. The van der Waals surface area contributed by atoms with Gasteiger partial charge in [0.15, 0.2) is 28.8 Å². The van der Waals surface area contributed by atoms with Gasteiger partial charge in [-0.1, -0.05) is 12.1 Å². The summed E-state index contributed by atoms with van der Waals surface area (Å²) in [7, 11) is 7.29. The molecule has 0 radical (unpaired) electrons. The molecule has 0 unspecified atom stereocenters. The molecule has 0 saturated carbocycles. The minimum absolute atomic E-state index is 0.0335. The van der Waals surface area contributed by atoms with Crippen LogP contribution >= 0.6 is 15.9 Å². The Kier molecular flexibility index (Phi) is 7.58. The molecule has 37 heavy (non-hydrogen) atoms. The number of halogens is 1. The van der Waals surface area contributed by atoms with E-state index in [1.165, 1.54) is 47.7 Å². The first-order valence-corrected chi connectivity index (χ1v) is 11.7. The zero-order valence-corrected chi connectivity index (χ0v) is 22.3. The van der Waals surface area contributed by atoms with E-state index in [0.29, 0.717) is 32.9 Å². The zero-order valence-electron chi connectivity index (χ0n) is 20.7. The van der Waals surface area contributed by atoms with Gasteiger partial charge in [0, 0.05) is 5.56 Å². The minimum Gasteiger partial charge on any atom is -0.493 e. The molecule has 0 aliphatic carbocycles. The van der Waals surface area contributed by atoms with Gasteiger partial charge in [0.1, 0.15) is 5.58 Å². The van der Waals surface area contributed by atoms with Gasteiger partial charge in [0.25, 0.3) is 0 Å². The maximum absolute atomic E-state index is 13.5. The Morgan fingerprint density at radius 1 is 0.757 bits per heavy atom. The fourth-order valence-corrected chi connectivity index (χ4v) is 4.41. The summed E-state index contributed by atoms with van der Waals surface area (Å²) in [5.41, 5.74) is 0.283. The third-order valence-corrected chi connectivity index (χ3v) is 6.14. The molecule has 3 aromatic carbocycles. The maximum Gasteiger partial charge on any atom is 0.344 e. The first kappa shape index (κ1) is 25.9. The summed E-state index contributed by atoms with van der Waals surface area (Å²) in [4.78, 5) is 26.8. The van der Waals surface area contributed by atoms with Crippen molar-refractivity contribution in [2.45, 2.75) is 0 Å². The molecule has 1 heterocycles. The third-order valence-electron chi connectivity index (χ3n) is 5.55. The van der Waals surface area contributed by atoms with Crippen LogP contribution in [0.25, 0.3) is 22.3 Å². The molecule has 0 N–H and O–H groups in total. The molecular weight excluding hydrogens is 548 g/mol. The van der Waals surface area contributed by atoms with Crippen molar-refractivity contribution in [1.29, 1.82) is 0 Å². The van der Waals surface area contributed by atoms with Crippen LogP contribution in [0.15, 0.2) is 62.2 Å². The summed E-state index contributed by atoms with van der Waals surface area (Å²) < 4.78 is 39.1. The van der Waals surface area contributed by atoms with Crippen molar-refractivity contribution in [2.24, 2.45) is 0 Å². The van der Waals surface area contributed by atoms with Crippen molar-refractivity contribution in [3.05, 3.63) is 68.8 Å². The van der Waals surface area contributed by atoms with Gasteiger partial charge < -0.3 is 32.8 Å². The Hall–Kier alpha value is -4.18. The largest absolute Gasteiger partial charge is 0.493 e. The van der Waals surface area contributed by atoms with Crippen LogP contribution in [0, 0.1) is 0 Å². The van der Waals surface area contributed by atoms with E-state index in [9.17, 15) is 9.59 Å². The van der Waals surface area contributed by atoms with E-state index in [2.05, 4.69) is 15.9 Å². The van der Waals surface area contributed by atoms with Gasteiger partial charge >= 0.3 is 5.97 Å². The van der Waals surface area contributed by atoms with Gasteiger partial charge in [-0.15, -0.1) is 0 Å². The van der Waals surface area contributed by atoms with Crippen molar-refractivity contribution < 1.29 is 37.6 Å². The molecule has 0 bridgehead atoms. The van der Waals surface area contributed by atoms with E-state index < -0.39 is 11.4 Å². The SMILES string of the molecule is COc1cc(-c2oc3ccccc3c(=O)c2OC(=O)c2cc(OC)c(OC)c(OC)c2)cc(Br)c1OC. The maximum atomic E-state index is 13.5. The molecule has 1 aromatic heterocycles. The van der Waals surface area contributed by atoms with Crippen molar-refractivity contribution in [2.75, 3.05) is 35.5 Å². The Labute approximate surface area is 220 Å². The topological polar surface area (TPSA) is 103 Å². The number of para-hydroxylation sites is 1. The van der Waals surface area contributed by atoms with E-state index >= 15 is 0 Å². The lowest BCUT2D eigenvalue weighted by Crippen LogP contribution is -2.16. The minimum atomic E-state index is -0.831. The van der Waals surface area contributed by atoms with Crippen molar-refractivity contribution in [3.63, 3.8) is 0 Å². The summed E-state index contributed by atoms with van der Waals surface area (Å²) >= 11 is 3.45. The van der Waals surface area contributed by atoms with Crippen LogP contribution in [0.1, 0.15) is 10.4 Å². The van der Waals surface area contributed by atoms with E-state index in [4.69, 9.17) is 32.8 Å². The van der Waals surface area contributed by atoms with E-state index in [1.54, 1.807) is 36.4 Å². The number of hydrogen-bond donors (Lipinski definition) is 0. The molecule has 0 aliphatic heterocycles. The molecule has 192 valence electrons. The van der Waals surface area contributed by atoms with Gasteiger partial charge in [-0.05, 0) is 52.3 Å². The summed E-state index contributed by atoms with van der Waals surface area (Å²) in [5, 5.41) is 0.249. The number of hydrogen-bond acceptors (Lipinski definition) is 9. The molecule has 4 rings (SSSR count). The zero-order chi connectivity index (χ0) is 26.7. The summed E-state index contributed by atoms with van der Waals surface area (Å²) in [5.74, 6) is 0.551. The molecular formula is C27H23BrO9. The highest BCUT2D eigenvalue weighted by Gasteiger charge is 2.25. The molecule has 0 amide bonds. The fraction of sp³-hybridized carbons (Fsp3) is 0.185. The van der Waals surface area contributed by atoms with Crippen LogP contribution in [0.5, 0.6) is 34.5 Å². The summed E-state index contributed by atoms with van der Waals surface area (Å²) in [6.45, 7) is 0. The quantitative estimate of drug-likeness (QED) is 0.254. The summed E-state index contributed by atoms with van der Waals surface area (Å²) in [6.07, 6.45) is 0. The lowest BCUT2D eigenvalue weighted by Gasteiger charge is -2.15. The highest BCUT2D eigenvalue weighted by Crippen LogP contribution is 2.42. The Balaban J connectivity index is 1.91. The van der Waals surface area contributed by atoms with Gasteiger partial charge in [0.05, 0.1) is 51.0 Å². The molecule has 10 heteroatoms. The average Bonchev–Trinajstić information content (AvgIpc) is 2.92. The molecule has 0 spiro atoms. The first-order valence-electron chi connectivity index (χ1n) is 10.9. The van der Waals surface area contributed by atoms with E-state index in [-0.39, 0.29) is 34.0 Å². The second kappa shape index (κ2) is 10.8. The van der Waals surface area contributed by atoms with Crippen LogP contribution in [0.3, 0.4) is 0 Å². The standard InChI is InChI=1S/C27H23BrO9/c1-31-19-11-14(10-17(28)24(19)34-4)23-26(22(29)16-8-6-7-9-18(16)36-23)37-27(30)15-12-20(32-2)25(35-5)21(13-15)33-3/h6-13H,1-5H3. The van der Waals surface area contributed by atoms with E-state index in [0.717, 1.165) is 0 Å². The Morgan fingerprint density at radius 3 is 1.95 bits per heavy atom. The van der Waals surface area contributed by atoms with Crippen LogP contribution < -0.4 is 33.8 Å². The number of ether oxygens (including phenoxy) is 6. The molecule has 0 saturated heterocycles. The normalized spacial score (nSPS) is 10.6. The number of carbonyl (C=O) groups is 1. The van der Waals surface area contributed by atoms with Gasteiger partial charge in [-0.25, -0.2) is 4.79 Å². The van der Waals surface area contributed by atoms with Crippen molar-refractivity contribution in [3.8, 4) is 45.8 Å². The van der Waals surface area contributed by atoms with Crippen LogP contribution in [0.2, 0.25) is 0 Å². The molecule has 0 fully saturated rings. The average molecular weight is 571 g/mol. The van der Waals surface area contributed by atoms with Crippen molar-refractivity contribution >= 4 is 32.9 Å². The summed E-state index contributed by atoms with van der Waals surface area (Å²) in [6, 6.07) is 12.8. The van der Waals surface area contributed by atoms with Crippen LogP contribution in [-0.2, 0) is 0 Å². The second-order valence-corrected chi connectivity index (χ2v) is 8.44. The molecule has 9 nitrogen and oxygen atoms in total. The number of carbonyl (C=O) groups excluding carboxylic acids is 1. The number of esters is 1. The predicted molar refractivity (Wildman–Crippen MR) is 140 cm³/mol. The lowest BCUT2D eigenvalue weighted by molar-refractivity contribution is 0.0730. The first-order chi connectivity index (χ1) is 17.9. The van der Waals surface area contributed by atoms with Gasteiger partial charge in [-0.2, -0.15) is 0 Å². The molecule has 4 aromatic rings. The molecule has 0 atom stereocenters. The van der Waals surface area contributed by atoms with Crippen LogP contribution in [0.4, 0.5) is 0 Å². The molecule has 0 aliphatic rings. The Bertz CT molecular complexity index is 1520.